The van der Waals surface area contributed by atoms with Gasteiger partial charge in [-0.05, 0) is 67.8 Å². The van der Waals surface area contributed by atoms with Crippen molar-refractivity contribution in [1.82, 2.24) is 0 Å². The fourth-order valence-corrected chi connectivity index (χ4v) is 3.55. The number of anilines is 3. The maximum atomic E-state index is 12.9. The quantitative estimate of drug-likeness (QED) is 0.526. The van der Waals surface area contributed by atoms with Crippen LogP contribution < -0.4 is 15.5 Å². The number of carbonyl (C=O) groups excluding carboxylic acids is 2. The second-order valence-electron chi connectivity index (χ2n) is 7.33. The minimum Gasteiger partial charge on any atom is -0.376 e. The third-order valence-electron chi connectivity index (χ3n) is 5.21. The van der Waals surface area contributed by atoms with Crippen LogP contribution in [0, 0.1) is 6.92 Å². The first-order chi connectivity index (χ1) is 15.0. The van der Waals surface area contributed by atoms with Gasteiger partial charge in [0.2, 0.25) is 5.91 Å². The van der Waals surface area contributed by atoms with E-state index in [1.807, 2.05) is 56.3 Å². The summed E-state index contributed by atoms with van der Waals surface area (Å²) in [4.78, 5) is 27.0. The summed E-state index contributed by atoms with van der Waals surface area (Å²) in [6.45, 7) is 6.83. The second kappa shape index (κ2) is 10.4. The summed E-state index contributed by atoms with van der Waals surface area (Å²) in [6, 6.07) is 22.7. The Morgan fingerprint density at radius 2 is 1.58 bits per heavy atom. The second-order valence-corrected chi connectivity index (χ2v) is 7.33. The fraction of sp³-hybridized carbons (Fsp3) is 0.231. The lowest BCUT2D eigenvalue weighted by Crippen LogP contribution is -2.30. The van der Waals surface area contributed by atoms with Crippen molar-refractivity contribution in [3.63, 3.8) is 0 Å². The molecule has 5 nitrogen and oxygen atoms in total. The highest BCUT2D eigenvalue weighted by molar-refractivity contribution is 6.06. The number of aryl methyl sites for hydroxylation is 2. The van der Waals surface area contributed by atoms with Crippen molar-refractivity contribution in [2.75, 3.05) is 28.6 Å². The topological polar surface area (TPSA) is 61.4 Å². The largest absolute Gasteiger partial charge is 0.376 e. The first-order valence-electron chi connectivity index (χ1n) is 10.6. The normalized spacial score (nSPS) is 10.4. The lowest BCUT2D eigenvalue weighted by Gasteiger charge is -2.21. The van der Waals surface area contributed by atoms with E-state index in [1.165, 1.54) is 5.56 Å². The molecule has 0 aliphatic rings. The molecular weight excluding hydrogens is 386 g/mol. The van der Waals surface area contributed by atoms with Crippen LogP contribution in [0.3, 0.4) is 0 Å². The zero-order valence-corrected chi connectivity index (χ0v) is 18.3. The third kappa shape index (κ3) is 5.51. The highest BCUT2D eigenvalue weighted by Gasteiger charge is 2.16. The summed E-state index contributed by atoms with van der Waals surface area (Å²) in [5, 5.41) is 6.13. The minimum atomic E-state index is -0.135. The molecular formula is C26H29N3O2. The summed E-state index contributed by atoms with van der Waals surface area (Å²) >= 11 is 0. The standard InChI is InChI=1S/C26H29N3O2/c1-4-20-11-9-10-19(3)25(20)27-18-24(30)28-22-16-14-21(15-17-22)26(31)29(5-2)23-12-7-6-8-13-23/h6-17,27H,4-5,18H2,1-3H3,(H,28,30). The number of carbonyl (C=O) groups is 2. The Labute approximate surface area is 184 Å². The van der Waals surface area contributed by atoms with Gasteiger partial charge in [-0.1, -0.05) is 43.3 Å². The van der Waals surface area contributed by atoms with Crippen molar-refractivity contribution < 1.29 is 9.59 Å². The van der Waals surface area contributed by atoms with E-state index in [4.69, 9.17) is 0 Å². The van der Waals surface area contributed by atoms with E-state index in [9.17, 15) is 9.59 Å². The molecule has 0 saturated heterocycles. The van der Waals surface area contributed by atoms with Crippen molar-refractivity contribution in [3.05, 3.63) is 89.5 Å². The van der Waals surface area contributed by atoms with Gasteiger partial charge in [0.15, 0.2) is 0 Å². The summed E-state index contributed by atoms with van der Waals surface area (Å²) in [7, 11) is 0. The maximum absolute atomic E-state index is 12.9. The molecule has 0 saturated carbocycles. The average molecular weight is 416 g/mol. The number of hydrogen-bond donors (Lipinski definition) is 2. The summed E-state index contributed by atoms with van der Waals surface area (Å²) < 4.78 is 0. The van der Waals surface area contributed by atoms with Crippen molar-refractivity contribution in [3.8, 4) is 0 Å². The van der Waals surface area contributed by atoms with E-state index in [0.717, 1.165) is 23.4 Å². The van der Waals surface area contributed by atoms with E-state index in [0.29, 0.717) is 17.8 Å². The molecule has 2 amide bonds. The summed E-state index contributed by atoms with van der Waals surface area (Å²) in [6.07, 6.45) is 0.902. The Morgan fingerprint density at radius 1 is 0.871 bits per heavy atom. The van der Waals surface area contributed by atoms with Gasteiger partial charge in [0, 0.05) is 29.2 Å². The molecule has 3 aromatic rings. The van der Waals surface area contributed by atoms with Crippen molar-refractivity contribution >= 4 is 28.9 Å². The van der Waals surface area contributed by atoms with E-state index >= 15 is 0 Å². The summed E-state index contributed by atoms with van der Waals surface area (Å²) in [5.41, 5.74) is 5.42. The van der Waals surface area contributed by atoms with Gasteiger partial charge in [0.05, 0.1) is 6.54 Å². The van der Waals surface area contributed by atoms with E-state index in [-0.39, 0.29) is 18.4 Å². The number of nitrogens with zero attached hydrogens (tertiary/aromatic N) is 1. The predicted molar refractivity (Wildman–Crippen MR) is 128 cm³/mol. The van der Waals surface area contributed by atoms with Gasteiger partial charge in [-0.2, -0.15) is 0 Å². The number of rotatable bonds is 8. The van der Waals surface area contributed by atoms with E-state index < -0.39 is 0 Å². The lowest BCUT2D eigenvalue weighted by atomic mass is 10.1. The molecule has 0 atom stereocenters. The summed E-state index contributed by atoms with van der Waals surface area (Å²) in [5.74, 6) is -0.205. The zero-order chi connectivity index (χ0) is 22.2. The van der Waals surface area contributed by atoms with Crippen molar-refractivity contribution in [2.45, 2.75) is 27.2 Å². The van der Waals surface area contributed by atoms with Crippen LogP contribution >= 0.6 is 0 Å². The molecule has 0 unspecified atom stereocenters. The van der Waals surface area contributed by atoms with Gasteiger partial charge in [-0.3, -0.25) is 9.59 Å². The van der Waals surface area contributed by atoms with Crippen LogP contribution in [-0.4, -0.2) is 24.9 Å². The molecule has 3 rings (SSSR count). The van der Waals surface area contributed by atoms with E-state index in [1.54, 1.807) is 29.2 Å². The smallest absolute Gasteiger partial charge is 0.258 e. The minimum absolute atomic E-state index is 0.0695. The molecule has 0 fully saturated rings. The van der Waals surface area contributed by atoms with Crippen molar-refractivity contribution in [2.24, 2.45) is 0 Å². The van der Waals surface area contributed by atoms with Crippen LogP contribution in [-0.2, 0) is 11.2 Å². The first kappa shape index (κ1) is 22.1. The van der Waals surface area contributed by atoms with Crippen LogP contribution in [0.2, 0.25) is 0 Å². The van der Waals surface area contributed by atoms with Gasteiger partial charge in [-0.15, -0.1) is 0 Å². The predicted octanol–water partition coefficient (Wildman–Crippen LogP) is 5.27. The van der Waals surface area contributed by atoms with Gasteiger partial charge in [-0.25, -0.2) is 0 Å². The Hall–Kier alpha value is -3.60. The Bertz CT molecular complexity index is 1030. The van der Waals surface area contributed by atoms with Crippen LogP contribution in [0.25, 0.3) is 0 Å². The molecule has 0 spiro atoms. The van der Waals surface area contributed by atoms with Crippen LogP contribution in [0.15, 0.2) is 72.8 Å². The zero-order valence-electron chi connectivity index (χ0n) is 18.3. The monoisotopic (exact) mass is 415 g/mol. The number of nitrogens with one attached hydrogen (secondary N) is 2. The van der Waals surface area contributed by atoms with Crippen LogP contribution in [0.4, 0.5) is 17.1 Å². The highest BCUT2D eigenvalue weighted by Crippen LogP contribution is 2.21. The van der Waals surface area contributed by atoms with Crippen LogP contribution in [0.5, 0.6) is 0 Å². The average Bonchev–Trinajstić information content (AvgIpc) is 2.79. The molecule has 0 heterocycles. The van der Waals surface area contributed by atoms with Gasteiger partial charge < -0.3 is 15.5 Å². The molecule has 0 radical (unpaired) electrons. The van der Waals surface area contributed by atoms with Crippen molar-refractivity contribution in [1.29, 1.82) is 0 Å². The molecule has 0 bridgehead atoms. The fourth-order valence-electron chi connectivity index (χ4n) is 3.55. The lowest BCUT2D eigenvalue weighted by molar-refractivity contribution is -0.114. The number of amides is 2. The SMILES string of the molecule is CCc1cccc(C)c1NCC(=O)Nc1ccc(C(=O)N(CC)c2ccccc2)cc1. The van der Waals surface area contributed by atoms with Gasteiger partial charge in [0.25, 0.3) is 5.91 Å². The number of benzene rings is 3. The highest BCUT2D eigenvalue weighted by atomic mass is 16.2. The molecule has 2 N–H and O–H groups in total. The Morgan fingerprint density at radius 3 is 2.23 bits per heavy atom. The molecule has 0 aliphatic carbocycles. The molecule has 5 heteroatoms. The van der Waals surface area contributed by atoms with Crippen LogP contribution in [0.1, 0.15) is 35.3 Å². The first-order valence-corrected chi connectivity index (χ1v) is 10.6. The maximum Gasteiger partial charge on any atom is 0.258 e. The van der Waals surface area contributed by atoms with Gasteiger partial charge in [0.1, 0.15) is 0 Å². The number of para-hydroxylation sites is 2. The molecule has 0 aliphatic heterocycles. The Balaban J connectivity index is 1.61. The van der Waals surface area contributed by atoms with E-state index in [2.05, 4.69) is 23.6 Å². The molecule has 160 valence electrons. The molecule has 0 aromatic heterocycles. The molecule has 3 aromatic carbocycles. The number of hydrogen-bond acceptors (Lipinski definition) is 3. The Kier molecular flexibility index (Phi) is 7.44. The third-order valence-corrected chi connectivity index (χ3v) is 5.21. The molecule has 31 heavy (non-hydrogen) atoms. The van der Waals surface area contributed by atoms with Gasteiger partial charge >= 0.3 is 0 Å².